The summed E-state index contributed by atoms with van der Waals surface area (Å²) in [5.74, 6) is 0.306. The molecule has 0 bridgehead atoms. The highest BCUT2D eigenvalue weighted by molar-refractivity contribution is 5.69. The van der Waals surface area contributed by atoms with Gasteiger partial charge in [-0.3, -0.25) is 13.9 Å². The third kappa shape index (κ3) is 1.59. The summed E-state index contributed by atoms with van der Waals surface area (Å²) >= 11 is 0. The van der Waals surface area contributed by atoms with E-state index in [2.05, 4.69) is 9.97 Å². The standard InChI is InChI=1S/C10H14N4O3/c1-4-5(15)7-11-6-8(12-7)13(2)10(17)14(3)9(6)16/h5,15H,4H2,1-3H3,(H,11,12). The average Bonchev–Trinajstić information content (AvgIpc) is 2.77. The Kier molecular flexibility index (Phi) is 2.62. The van der Waals surface area contributed by atoms with Gasteiger partial charge in [0.25, 0.3) is 5.56 Å². The molecule has 0 aliphatic heterocycles. The van der Waals surface area contributed by atoms with Gasteiger partial charge in [0.05, 0.1) is 0 Å². The Morgan fingerprint density at radius 3 is 2.59 bits per heavy atom. The molecule has 0 spiro atoms. The molecule has 17 heavy (non-hydrogen) atoms. The van der Waals surface area contributed by atoms with E-state index in [-0.39, 0.29) is 11.2 Å². The number of hydrogen-bond acceptors (Lipinski definition) is 4. The molecule has 2 rings (SSSR count). The molecule has 0 saturated heterocycles. The number of nitrogens with one attached hydrogen (secondary N) is 1. The van der Waals surface area contributed by atoms with Gasteiger partial charge in [-0.25, -0.2) is 9.78 Å². The number of aromatic amines is 1. The maximum Gasteiger partial charge on any atom is 0.332 e. The second-order valence-corrected chi connectivity index (χ2v) is 3.95. The highest BCUT2D eigenvalue weighted by Crippen LogP contribution is 2.14. The predicted molar refractivity (Wildman–Crippen MR) is 61.8 cm³/mol. The summed E-state index contributed by atoms with van der Waals surface area (Å²) < 4.78 is 2.28. The highest BCUT2D eigenvalue weighted by atomic mass is 16.3. The maximum absolute atomic E-state index is 11.8. The van der Waals surface area contributed by atoms with Crippen molar-refractivity contribution < 1.29 is 5.11 Å². The van der Waals surface area contributed by atoms with Crippen LogP contribution in [0.1, 0.15) is 25.3 Å². The minimum atomic E-state index is -0.762. The first-order chi connectivity index (χ1) is 7.97. The second kappa shape index (κ2) is 3.85. The number of fused-ring (bicyclic) bond motifs is 1. The molecule has 0 aliphatic rings. The van der Waals surface area contributed by atoms with Gasteiger partial charge in [-0.15, -0.1) is 0 Å². The van der Waals surface area contributed by atoms with Crippen LogP contribution in [0.4, 0.5) is 0 Å². The summed E-state index contributed by atoms with van der Waals surface area (Å²) in [6, 6.07) is 0. The Morgan fingerprint density at radius 1 is 1.35 bits per heavy atom. The lowest BCUT2D eigenvalue weighted by atomic mass is 10.3. The minimum absolute atomic E-state index is 0.233. The van der Waals surface area contributed by atoms with Crippen molar-refractivity contribution in [2.75, 3.05) is 0 Å². The first-order valence-electron chi connectivity index (χ1n) is 5.31. The van der Waals surface area contributed by atoms with Gasteiger partial charge in [0.15, 0.2) is 5.65 Å². The van der Waals surface area contributed by atoms with Gasteiger partial charge in [-0.1, -0.05) is 6.92 Å². The molecule has 1 atom stereocenters. The van der Waals surface area contributed by atoms with Crippen molar-refractivity contribution in [1.82, 2.24) is 19.1 Å². The lowest BCUT2D eigenvalue weighted by molar-refractivity contribution is 0.165. The Labute approximate surface area is 96.3 Å². The normalized spacial score (nSPS) is 13.2. The molecule has 7 nitrogen and oxygen atoms in total. The lowest BCUT2D eigenvalue weighted by Gasteiger charge is -2.01. The fraction of sp³-hybridized carbons (Fsp3) is 0.500. The number of aliphatic hydroxyl groups excluding tert-OH is 1. The SMILES string of the molecule is CCC(O)c1nc2c([nH]1)c(=O)n(C)c(=O)n2C. The first kappa shape index (κ1) is 11.6. The monoisotopic (exact) mass is 238 g/mol. The zero-order chi connectivity index (χ0) is 12.7. The van der Waals surface area contributed by atoms with Gasteiger partial charge in [0.2, 0.25) is 0 Å². The first-order valence-corrected chi connectivity index (χ1v) is 5.31. The third-order valence-electron chi connectivity index (χ3n) is 2.82. The number of aromatic nitrogens is 4. The number of imidazole rings is 1. The van der Waals surface area contributed by atoms with E-state index < -0.39 is 17.4 Å². The number of nitrogens with zero attached hydrogens (tertiary/aromatic N) is 3. The largest absolute Gasteiger partial charge is 0.385 e. The van der Waals surface area contributed by atoms with Crippen LogP contribution in [0.15, 0.2) is 9.59 Å². The van der Waals surface area contributed by atoms with Gasteiger partial charge >= 0.3 is 5.69 Å². The van der Waals surface area contributed by atoms with Crippen LogP contribution in [-0.4, -0.2) is 24.2 Å². The predicted octanol–water partition coefficient (Wildman–Crippen LogP) is -0.596. The lowest BCUT2D eigenvalue weighted by Crippen LogP contribution is -2.36. The highest BCUT2D eigenvalue weighted by Gasteiger charge is 2.16. The van der Waals surface area contributed by atoms with E-state index in [1.807, 2.05) is 0 Å². The van der Waals surface area contributed by atoms with Crippen LogP contribution in [0.3, 0.4) is 0 Å². The molecule has 1 unspecified atom stereocenters. The molecule has 2 heterocycles. The van der Waals surface area contributed by atoms with Crippen LogP contribution >= 0.6 is 0 Å². The zero-order valence-corrected chi connectivity index (χ0v) is 9.89. The molecule has 92 valence electrons. The molecule has 0 aromatic carbocycles. The second-order valence-electron chi connectivity index (χ2n) is 3.95. The average molecular weight is 238 g/mol. The summed E-state index contributed by atoms with van der Waals surface area (Å²) in [6.45, 7) is 1.80. The zero-order valence-electron chi connectivity index (χ0n) is 9.89. The summed E-state index contributed by atoms with van der Waals surface area (Å²) in [4.78, 5) is 30.3. The molecule has 0 fully saturated rings. The van der Waals surface area contributed by atoms with Gasteiger partial charge in [0, 0.05) is 14.1 Å². The van der Waals surface area contributed by atoms with E-state index >= 15 is 0 Å². The summed E-state index contributed by atoms with van der Waals surface area (Å²) in [5, 5.41) is 9.66. The molecule has 7 heteroatoms. The van der Waals surface area contributed by atoms with E-state index in [1.54, 1.807) is 6.92 Å². The molecular formula is C10H14N4O3. The molecule has 2 aromatic heterocycles. The fourth-order valence-electron chi connectivity index (χ4n) is 1.70. The van der Waals surface area contributed by atoms with E-state index in [0.717, 1.165) is 4.57 Å². The Hall–Kier alpha value is -1.89. The summed E-state index contributed by atoms with van der Waals surface area (Å²) in [6.07, 6.45) is -0.282. The van der Waals surface area contributed by atoms with Gasteiger partial charge in [-0.05, 0) is 6.42 Å². The topological polar surface area (TPSA) is 92.9 Å². The van der Waals surface area contributed by atoms with E-state index in [9.17, 15) is 14.7 Å². The maximum atomic E-state index is 11.8. The fourth-order valence-corrected chi connectivity index (χ4v) is 1.70. The van der Waals surface area contributed by atoms with Gasteiger partial charge in [0.1, 0.15) is 17.4 Å². The van der Waals surface area contributed by atoms with Crippen LogP contribution < -0.4 is 11.2 Å². The van der Waals surface area contributed by atoms with Crippen molar-refractivity contribution in [2.24, 2.45) is 14.1 Å². The molecular weight excluding hydrogens is 224 g/mol. The third-order valence-corrected chi connectivity index (χ3v) is 2.82. The van der Waals surface area contributed by atoms with E-state index in [0.29, 0.717) is 12.2 Å². The number of aliphatic hydroxyl groups is 1. The van der Waals surface area contributed by atoms with Crippen molar-refractivity contribution >= 4 is 11.2 Å². The van der Waals surface area contributed by atoms with Crippen molar-refractivity contribution in [3.8, 4) is 0 Å². The Bertz CT molecular complexity index is 679. The number of rotatable bonds is 2. The number of H-pyrrole nitrogens is 1. The van der Waals surface area contributed by atoms with Crippen molar-refractivity contribution in [3.63, 3.8) is 0 Å². The molecule has 0 aliphatic carbocycles. The van der Waals surface area contributed by atoms with Crippen molar-refractivity contribution in [3.05, 3.63) is 26.7 Å². The summed E-state index contributed by atoms with van der Waals surface area (Å²) in [5.41, 5.74) is -0.380. The smallest absolute Gasteiger partial charge is 0.332 e. The van der Waals surface area contributed by atoms with Crippen LogP contribution in [0.25, 0.3) is 11.2 Å². The van der Waals surface area contributed by atoms with E-state index in [4.69, 9.17) is 0 Å². The van der Waals surface area contributed by atoms with Gasteiger partial charge < -0.3 is 10.1 Å². The van der Waals surface area contributed by atoms with Crippen molar-refractivity contribution in [2.45, 2.75) is 19.4 Å². The van der Waals surface area contributed by atoms with Crippen LogP contribution in [0, 0.1) is 0 Å². The Balaban J connectivity index is 2.86. The molecule has 2 aromatic rings. The number of aryl methyl sites for hydroxylation is 1. The molecule has 0 saturated carbocycles. The van der Waals surface area contributed by atoms with Crippen LogP contribution in [-0.2, 0) is 14.1 Å². The number of hydrogen-bond donors (Lipinski definition) is 2. The Morgan fingerprint density at radius 2 is 2.00 bits per heavy atom. The minimum Gasteiger partial charge on any atom is -0.385 e. The molecule has 0 amide bonds. The quantitative estimate of drug-likeness (QED) is 0.731. The van der Waals surface area contributed by atoms with E-state index in [1.165, 1.54) is 18.7 Å². The summed E-state index contributed by atoms with van der Waals surface area (Å²) in [7, 11) is 2.94. The molecule has 2 N–H and O–H groups in total. The van der Waals surface area contributed by atoms with Crippen LogP contribution in [0.5, 0.6) is 0 Å². The molecule has 0 radical (unpaired) electrons. The van der Waals surface area contributed by atoms with Gasteiger partial charge in [-0.2, -0.15) is 0 Å². The van der Waals surface area contributed by atoms with Crippen molar-refractivity contribution in [1.29, 1.82) is 0 Å². The van der Waals surface area contributed by atoms with Crippen LogP contribution in [0.2, 0.25) is 0 Å².